The summed E-state index contributed by atoms with van der Waals surface area (Å²) in [6, 6.07) is 18.2. The van der Waals surface area contributed by atoms with Crippen molar-refractivity contribution in [2.24, 2.45) is 5.41 Å². The molecule has 2 aliphatic rings. The Morgan fingerprint density at radius 2 is 1.89 bits per heavy atom. The third kappa shape index (κ3) is 2.38. The predicted octanol–water partition coefficient (Wildman–Crippen LogP) is 4.33. The minimum absolute atomic E-state index is 0.0811. The Labute approximate surface area is 162 Å². The number of fused-ring (bicyclic) bond motifs is 3. The van der Waals surface area contributed by atoms with Gasteiger partial charge in [0.25, 0.3) is 0 Å². The van der Waals surface area contributed by atoms with Crippen LogP contribution in [0, 0.1) is 28.1 Å². The maximum atomic E-state index is 12.8. The molecule has 2 aliphatic heterocycles. The minimum Gasteiger partial charge on any atom is -0.351 e. The molecule has 4 rings (SSSR count). The molecule has 0 saturated carbocycles. The lowest BCUT2D eigenvalue weighted by molar-refractivity contribution is -0.118. The van der Waals surface area contributed by atoms with Crippen LogP contribution in [0.3, 0.4) is 0 Å². The number of hydrogen-bond donors (Lipinski definition) is 0. The van der Waals surface area contributed by atoms with Crippen molar-refractivity contribution in [1.82, 2.24) is 0 Å². The molecule has 0 aromatic heterocycles. The van der Waals surface area contributed by atoms with Crippen LogP contribution in [0.4, 0.5) is 5.69 Å². The maximum absolute atomic E-state index is 12.8. The van der Waals surface area contributed by atoms with E-state index in [0.717, 1.165) is 16.8 Å². The minimum atomic E-state index is -1.40. The van der Waals surface area contributed by atoms with E-state index in [9.17, 15) is 15.3 Å². The van der Waals surface area contributed by atoms with E-state index in [-0.39, 0.29) is 5.78 Å². The fourth-order valence-electron chi connectivity index (χ4n) is 4.46. The van der Waals surface area contributed by atoms with E-state index in [0.29, 0.717) is 5.02 Å². The standard InChI is InChI=1S/C22H16ClN3O/c1-14(27)21-20(16-6-4-7-17(23)11-16)22(12-24,13-25)19-10-9-15-5-2-3-8-18(15)26(19)21/h2-11,19-21H,1H3/t19-,20-,21+/m0/s1. The van der Waals surface area contributed by atoms with Crippen LogP contribution in [-0.2, 0) is 4.79 Å². The van der Waals surface area contributed by atoms with Crippen molar-refractivity contribution in [2.75, 3.05) is 4.90 Å². The highest BCUT2D eigenvalue weighted by molar-refractivity contribution is 6.30. The van der Waals surface area contributed by atoms with Gasteiger partial charge >= 0.3 is 0 Å². The van der Waals surface area contributed by atoms with Gasteiger partial charge in [0, 0.05) is 16.6 Å². The summed E-state index contributed by atoms with van der Waals surface area (Å²) in [6.07, 6.45) is 3.80. The Balaban J connectivity index is 2.01. The van der Waals surface area contributed by atoms with Crippen molar-refractivity contribution in [3.8, 4) is 12.1 Å². The Kier molecular flexibility index (Phi) is 4.02. The summed E-state index contributed by atoms with van der Waals surface area (Å²) in [5.74, 6) is -0.688. The molecule has 1 fully saturated rings. The molecule has 0 bridgehead atoms. The molecule has 0 aliphatic carbocycles. The molecule has 132 valence electrons. The van der Waals surface area contributed by atoms with Gasteiger partial charge in [-0.3, -0.25) is 4.79 Å². The van der Waals surface area contributed by atoms with E-state index >= 15 is 0 Å². The van der Waals surface area contributed by atoms with Crippen molar-refractivity contribution in [2.45, 2.75) is 24.9 Å². The van der Waals surface area contributed by atoms with Crippen LogP contribution in [0.1, 0.15) is 24.0 Å². The average molecular weight is 374 g/mol. The summed E-state index contributed by atoms with van der Waals surface area (Å²) in [4.78, 5) is 14.7. The number of halogens is 1. The van der Waals surface area contributed by atoms with Gasteiger partial charge in [-0.05, 0) is 36.2 Å². The first-order valence-corrected chi connectivity index (χ1v) is 9.05. The van der Waals surface area contributed by atoms with E-state index in [2.05, 4.69) is 12.1 Å². The van der Waals surface area contributed by atoms with E-state index < -0.39 is 23.4 Å². The zero-order valence-corrected chi connectivity index (χ0v) is 15.4. The van der Waals surface area contributed by atoms with Gasteiger partial charge in [0.15, 0.2) is 11.2 Å². The zero-order valence-electron chi connectivity index (χ0n) is 14.6. The van der Waals surface area contributed by atoms with Crippen LogP contribution in [0.2, 0.25) is 5.02 Å². The molecular weight excluding hydrogens is 358 g/mol. The topological polar surface area (TPSA) is 67.9 Å². The monoisotopic (exact) mass is 373 g/mol. The average Bonchev–Trinajstić information content (AvgIpc) is 2.99. The highest BCUT2D eigenvalue weighted by atomic mass is 35.5. The van der Waals surface area contributed by atoms with Gasteiger partial charge in [0.2, 0.25) is 0 Å². The van der Waals surface area contributed by atoms with Crippen molar-refractivity contribution < 1.29 is 4.79 Å². The molecule has 4 nitrogen and oxygen atoms in total. The van der Waals surface area contributed by atoms with E-state index in [1.807, 2.05) is 47.4 Å². The Morgan fingerprint density at radius 3 is 2.56 bits per heavy atom. The van der Waals surface area contributed by atoms with Crippen LogP contribution < -0.4 is 4.90 Å². The van der Waals surface area contributed by atoms with Gasteiger partial charge in [-0.2, -0.15) is 10.5 Å². The molecular formula is C22H16ClN3O. The second-order valence-electron chi connectivity index (χ2n) is 6.95. The third-order valence-corrected chi connectivity index (χ3v) is 5.77. The number of carbonyl (C=O) groups is 1. The highest BCUT2D eigenvalue weighted by Crippen LogP contribution is 2.55. The first-order valence-electron chi connectivity index (χ1n) is 8.67. The molecule has 27 heavy (non-hydrogen) atoms. The lowest BCUT2D eigenvalue weighted by Gasteiger charge is -2.35. The molecule has 1 saturated heterocycles. The van der Waals surface area contributed by atoms with Gasteiger partial charge < -0.3 is 4.90 Å². The van der Waals surface area contributed by atoms with Gasteiger partial charge in [0.1, 0.15) is 0 Å². The summed E-state index contributed by atoms with van der Waals surface area (Å²) in [5.41, 5.74) is 1.16. The van der Waals surface area contributed by atoms with Crippen molar-refractivity contribution in [3.63, 3.8) is 0 Å². The molecule has 2 aromatic rings. The fraction of sp³-hybridized carbons (Fsp3) is 0.227. The highest BCUT2D eigenvalue weighted by Gasteiger charge is 2.62. The molecule has 0 spiro atoms. The largest absolute Gasteiger partial charge is 0.351 e. The third-order valence-electron chi connectivity index (χ3n) is 5.54. The lowest BCUT2D eigenvalue weighted by atomic mass is 9.69. The van der Waals surface area contributed by atoms with Crippen LogP contribution in [0.5, 0.6) is 0 Å². The van der Waals surface area contributed by atoms with Gasteiger partial charge in [-0.25, -0.2) is 0 Å². The number of rotatable bonds is 2. The number of nitrogens with zero attached hydrogens (tertiary/aromatic N) is 3. The molecule has 0 amide bonds. The quantitative estimate of drug-likeness (QED) is 0.785. The number of anilines is 1. The summed E-state index contributed by atoms with van der Waals surface area (Å²) in [5, 5.41) is 20.8. The van der Waals surface area contributed by atoms with Crippen LogP contribution >= 0.6 is 11.6 Å². The normalized spacial score (nSPS) is 24.4. The number of hydrogen-bond acceptors (Lipinski definition) is 4. The summed E-state index contributed by atoms with van der Waals surface area (Å²) in [6.45, 7) is 1.52. The molecule has 2 heterocycles. The molecule has 5 heteroatoms. The van der Waals surface area contributed by atoms with Gasteiger partial charge in [-0.1, -0.05) is 54.1 Å². The number of ketones is 1. The van der Waals surface area contributed by atoms with Crippen molar-refractivity contribution in [1.29, 1.82) is 10.5 Å². The first kappa shape index (κ1) is 17.3. The molecule has 0 radical (unpaired) electrons. The molecule has 3 atom stereocenters. The van der Waals surface area contributed by atoms with Gasteiger partial charge in [0.05, 0.1) is 24.2 Å². The molecule has 0 unspecified atom stereocenters. The van der Waals surface area contributed by atoms with Crippen molar-refractivity contribution >= 4 is 29.1 Å². The second-order valence-corrected chi connectivity index (χ2v) is 7.39. The van der Waals surface area contributed by atoms with E-state index in [4.69, 9.17) is 11.6 Å². The summed E-state index contributed by atoms with van der Waals surface area (Å²) < 4.78 is 0. The van der Waals surface area contributed by atoms with Crippen molar-refractivity contribution in [3.05, 3.63) is 70.8 Å². The number of para-hydroxylation sites is 1. The SMILES string of the molecule is CC(=O)[C@@H]1[C@H](c2cccc(Cl)c2)C(C#N)(C#N)[C@@H]2C=Cc3ccccc3N12. The lowest BCUT2D eigenvalue weighted by Crippen LogP contribution is -2.43. The Bertz CT molecular complexity index is 1030. The number of carbonyl (C=O) groups excluding carboxylic acids is 1. The summed E-state index contributed by atoms with van der Waals surface area (Å²) in [7, 11) is 0. The Hall–Kier alpha value is -3.08. The van der Waals surface area contributed by atoms with Crippen LogP contribution in [-0.4, -0.2) is 17.9 Å². The van der Waals surface area contributed by atoms with Crippen LogP contribution in [0.15, 0.2) is 54.6 Å². The predicted molar refractivity (Wildman–Crippen MR) is 104 cm³/mol. The Morgan fingerprint density at radius 1 is 1.15 bits per heavy atom. The van der Waals surface area contributed by atoms with Crippen LogP contribution in [0.25, 0.3) is 6.08 Å². The molecule has 2 aromatic carbocycles. The van der Waals surface area contributed by atoms with E-state index in [1.54, 1.807) is 18.2 Å². The maximum Gasteiger partial charge on any atom is 0.176 e. The number of Topliss-reactive ketones (excluding diaryl/α,β-unsaturated/α-hetero) is 1. The molecule has 0 N–H and O–H groups in total. The smallest absolute Gasteiger partial charge is 0.176 e. The fourth-order valence-corrected chi connectivity index (χ4v) is 4.66. The summed E-state index contributed by atoms with van der Waals surface area (Å²) >= 11 is 6.19. The number of benzene rings is 2. The zero-order chi connectivity index (χ0) is 19.2. The van der Waals surface area contributed by atoms with E-state index in [1.165, 1.54) is 6.92 Å². The second kappa shape index (κ2) is 6.27. The van der Waals surface area contributed by atoms with Gasteiger partial charge in [-0.15, -0.1) is 0 Å². The first-order chi connectivity index (χ1) is 13.0. The number of nitriles is 2.